The van der Waals surface area contributed by atoms with Crippen LogP contribution in [0.1, 0.15) is 24.9 Å². The van der Waals surface area contributed by atoms with E-state index < -0.39 is 0 Å². The SMILES string of the molecule is CCCNC(=NC)NCC(c1ccc(OC)c(OC)c1)N1CCOCC1. The predicted octanol–water partition coefficient (Wildman–Crippen LogP) is 1.65. The summed E-state index contributed by atoms with van der Waals surface area (Å²) in [7, 11) is 5.12. The molecule has 0 radical (unpaired) electrons. The summed E-state index contributed by atoms with van der Waals surface area (Å²) in [6, 6.07) is 6.32. The molecule has 0 bridgehead atoms. The summed E-state index contributed by atoms with van der Waals surface area (Å²) in [6.07, 6.45) is 1.06. The van der Waals surface area contributed by atoms with Crippen LogP contribution in [-0.4, -0.2) is 71.5 Å². The maximum atomic E-state index is 5.52. The Labute approximate surface area is 156 Å². The van der Waals surface area contributed by atoms with Gasteiger partial charge in [0.2, 0.25) is 0 Å². The number of benzene rings is 1. The predicted molar refractivity (Wildman–Crippen MR) is 104 cm³/mol. The Bertz CT molecular complexity index is 574. The first-order valence-electron chi connectivity index (χ1n) is 9.21. The standard InChI is InChI=1S/C19H32N4O3/c1-5-8-21-19(20-2)22-14-16(23-9-11-26-12-10-23)15-6-7-17(24-3)18(13-15)25-4/h6-7,13,16H,5,8-12,14H2,1-4H3,(H2,20,21,22). The highest BCUT2D eigenvalue weighted by molar-refractivity contribution is 5.79. The van der Waals surface area contributed by atoms with Gasteiger partial charge in [-0.3, -0.25) is 9.89 Å². The molecule has 1 aromatic carbocycles. The van der Waals surface area contributed by atoms with Crippen molar-refractivity contribution in [1.29, 1.82) is 0 Å². The van der Waals surface area contributed by atoms with Gasteiger partial charge < -0.3 is 24.8 Å². The fraction of sp³-hybridized carbons (Fsp3) is 0.632. The molecular formula is C19H32N4O3. The highest BCUT2D eigenvalue weighted by atomic mass is 16.5. The van der Waals surface area contributed by atoms with Gasteiger partial charge in [-0.1, -0.05) is 13.0 Å². The number of nitrogens with zero attached hydrogens (tertiary/aromatic N) is 2. The fourth-order valence-corrected chi connectivity index (χ4v) is 3.06. The maximum Gasteiger partial charge on any atom is 0.191 e. The summed E-state index contributed by atoms with van der Waals surface area (Å²) >= 11 is 0. The van der Waals surface area contributed by atoms with Crippen LogP contribution in [0.5, 0.6) is 11.5 Å². The summed E-state index contributed by atoms with van der Waals surface area (Å²) in [5.41, 5.74) is 1.18. The Morgan fingerprint density at radius 1 is 1.19 bits per heavy atom. The molecular weight excluding hydrogens is 332 g/mol. The Morgan fingerprint density at radius 3 is 2.54 bits per heavy atom. The largest absolute Gasteiger partial charge is 0.493 e. The van der Waals surface area contributed by atoms with Gasteiger partial charge >= 0.3 is 0 Å². The van der Waals surface area contributed by atoms with Gasteiger partial charge in [-0.05, 0) is 24.1 Å². The average Bonchev–Trinajstić information content (AvgIpc) is 2.71. The molecule has 2 N–H and O–H groups in total. The van der Waals surface area contributed by atoms with E-state index in [9.17, 15) is 0 Å². The van der Waals surface area contributed by atoms with Crippen LogP contribution in [0.25, 0.3) is 0 Å². The molecule has 1 fully saturated rings. The number of methoxy groups -OCH3 is 2. The first kappa shape index (κ1) is 20.3. The van der Waals surface area contributed by atoms with E-state index in [0.717, 1.165) is 63.3 Å². The van der Waals surface area contributed by atoms with Gasteiger partial charge in [-0.2, -0.15) is 0 Å². The maximum absolute atomic E-state index is 5.52. The van der Waals surface area contributed by atoms with Gasteiger partial charge in [-0.25, -0.2) is 0 Å². The summed E-state index contributed by atoms with van der Waals surface area (Å²) < 4.78 is 16.4. The van der Waals surface area contributed by atoms with Gasteiger partial charge in [-0.15, -0.1) is 0 Å². The molecule has 1 aliphatic heterocycles. The summed E-state index contributed by atoms with van der Waals surface area (Å²) in [4.78, 5) is 6.74. The van der Waals surface area contributed by atoms with Gasteiger partial charge in [0.15, 0.2) is 17.5 Å². The Morgan fingerprint density at radius 2 is 1.92 bits per heavy atom. The number of guanidine groups is 1. The number of rotatable bonds is 8. The molecule has 146 valence electrons. The molecule has 1 unspecified atom stereocenters. The molecule has 1 heterocycles. The van der Waals surface area contributed by atoms with Crippen LogP contribution >= 0.6 is 0 Å². The third-order valence-electron chi connectivity index (χ3n) is 4.51. The van der Waals surface area contributed by atoms with Crippen LogP contribution in [0.2, 0.25) is 0 Å². The summed E-state index contributed by atoms with van der Waals surface area (Å²) in [5, 5.41) is 6.77. The molecule has 0 aliphatic carbocycles. The van der Waals surface area contributed by atoms with Gasteiger partial charge in [0, 0.05) is 33.2 Å². The van der Waals surface area contributed by atoms with Gasteiger partial charge in [0.05, 0.1) is 33.5 Å². The van der Waals surface area contributed by atoms with Crippen molar-refractivity contribution in [2.75, 3.05) is 60.7 Å². The van der Waals surface area contributed by atoms with Gasteiger partial charge in [0.1, 0.15) is 0 Å². The lowest BCUT2D eigenvalue weighted by Gasteiger charge is -2.35. The first-order valence-corrected chi connectivity index (χ1v) is 9.21. The number of aliphatic imine (C=N–C) groups is 1. The van der Waals surface area contributed by atoms with Gasteiger partial charge in [0.25, 0.3) is 0 Å². The second-order valence-electron chi connectivity index (χ2n) is 6.16. The van der Waals surface area contributed by atoms with E-state index in [-0.39, 0.29) is 6.04 Å². The van der Waals surface area contributed by atoms with Crippen LogP contribution in [0.3, 0.4) is 0 Å². The Kier molecular flexibility index (Phi) is 8.50. The third-order valence-corrected chi connectivity index (χ3v) is 4.51. The molecule has 7 heteroatoms. The summed E-state index contributed by atoms with van der Waals surface area (Å²) in [6.45, 7) is 7.11. The van der Waals surface area contributed by atoms with E-state index in [1.54, 1.807) is 21.3 Å². The molecule has 0 saturated carbocycles. The van der Waals surface area contributed by atoms with Crippen molar-refractivity contribution < 1.29 is 14.2 Å². The Balaban J connectivity index is 2.18. The van der Waals surface area contributed by atoms with E-state index in [1.807, 2.05) is 6.07 Å². The quantitative estimate of drug-likeness (QED) is 0.540. The second-order valence-corrected chi connectivity index (χ2v) is 6.16. The highest BCUT2D eigenvalue weighted by Crippen LogP contribution is 2.32. The Hall–Kier alpha value is -1.99. The lowest BCUT2D eigenvalue weighted by atomic mass is 10.0. The minimum atomic E-state index is 0.193. The van der Waals surface area contributed by atoms with E-state index in [2.05, 4.69) is 39.6 Å². The van der Waals surface area contributed by atoms with Crippen molar-refractivity contribution >= 4 is 5.96 Å². The minimum Gasteiger partial charge on any atom is -0.493 e. The monoisotopic (exact) mass is 364 g/mol. The molecule has 1 atom stereocenters. The first-order chi connectivity index (χ1) is 12.7. The second kappa shape index (κ2) is 10.9. The van der Waals surface area contributed by atoms with Crippen LogP contribution < -0.4 is 20.1 Å². The van der Waals surface area contributed by atoms with Crippen molar-refractivity contribution in [3.63, 3.8) is 0 Å². The number of hydrogen-bond donors (Lipinski definition) is 2. The minimum absolute atomic E-state index is 0.193. The molecule has 1 aliphatic rings. The summed E-state index contributed by atoms with van der Waals surface area (Å²) in [5.74, 6) is 2.31. The number of morpholine rings is 1. The molecule has 26 heavy (non-hydrogen) atoms. The van der Waals surface area contributed by atoms with Crippen molar-refractivity contribution in [2.45, 2.75) is 19.4 Å². The molecule has 1 aromatic rings. The van der Waals surface area contributed by atoms with Crippen molar-refractivity contribution in [1.82, 2.24) is 15.5 Å². The smallest absolute Gasteiger partial charge is 0.191 e. The zero-order valence-electron chi connectivity index (χ0n) is 16.4. The highest BCUT2D eigenvalue weighted by Gasteiger charge is 2.24. The molecule has 1 saturated heterocycles. The molecule has 2 rings (SSSR count). The van der Waals surface area contributed by atoms with Crippen molar-refractivity contribution in [3.8, 4) is 11.5 Å². The molecule has 0 spiro atoms. The third kappa shape index (κ3) is 5.51. The topological polar surface area (TPSA) is 67.4 Å². The van der Waals surface area contributed by atoms with Crippen molar-refractivity contribution in [3.05, 3.63) is 23.8 Å². The molecule has 0 aromatic heterocycles. The number of hydrogen-bond acceptors (Lipinski definition) is 5. The fourth-order valence-electron chi connectivity index (χ4n) is 3.06. The van der Waals surface area contributed by atoms with E-state index in [4.69, 9.17) is 14.2 Å². The van der Waals surface area contributed by atoms with Crippen LogP contribution in [0.15, 0.2) is 23.2 Å². The lowest BCUT2D eigenvalue weighted by molar-refractivity contribution is 0.0169. The van der Waals surface area contributed by atoms with Crippen LogP contribution in [-0.2, 0) is 4.74 Å². The lowest BCUT2D eigenvalue weighted by Crippen LogP contribution is -2.46. The normalized spacial score (nSPS) is 16.8. The van der Waals surface area contributed by atoms with E-state index in [0.29, 0.717) is 0 Å². The number of ether oxygens (including phenoxy) is 3. The molecule has 7 nitrogen and oxygen atoms in total. The van der Waals surface area contributed by atoms with Crippen LogP contribution in [0, 0.1) is 0 Å². The van der Waals surface area contributed by atoms with Crippen LogP contribution in [0.4, 0.5) is 0 Å². The number of nitrogens with one attached hydrogen (secondary N) is 2. The van der Waals surface area contributed by atoms with Crippen molar-refractivity contribution in [2.24, 2.45) is 4.99 Å². The average molecular weight is 364 g/mol. The zero-order valence-corrected chi connectivity index (χ0v) is 16.4. The van der Waals surface area contributed by atoms with E-state index in [1.165, 1.54) is 5.56 Å². The van der Waals surface area contributed by atoms with E-state index >= 15 is 0 Å². The zero-order chi connectivity index (χ0) is 18.8. The molecule has 0 amide bonds.